The van der Waals surface area contributed by atoms with Crippen molar-refractivity contribution in [1.82, 2.24) is 0 Å². The van der Waals surface area contributed by atoms with Crippen molar-refractivity contribution in [2.24, 2.45) is 0 Å². The second-order valence-corrected chi connectivity index (χ2v) is 8.77. The third-order valence-corrected chi connectivity index (χ3v) is 6.58. The van der Waals surface area contributed by atoms with Crippen LogP contribution in [0.1, 0.15) is 5.56 Å². The van der Waals surface area contributed by atoms with Crippen LogP contribution in [0.4, 0.5) is 11.4 Å². The number of nitrogens with two attached hydrogens (primary N) is 1. The van der Waals surface area contributed by atoms with E-state index in [0.717, 1.165) is 10.9 Å². The Balaban J connectivity index is 1.57. The molecule has 1 heterocycles. The van der Waals surface area contributed by atoms with Gasteiger partial charge in [-0.1, -0.05) is 42.5 Å². The van der Waals surface area contributed by atoms with Gasteiger partial charge >= 0.3 is 0 Å². The summed E-state index contributed by atoms with van der Waals surface area (Å²) in [6, 6.07) is 23.7. The van der Waals surface area contributed by atoms with Gasteiger partial charge in [0.05, 0.1) is 27.1 Å². The fraction of sp³-hybridized carbons (Fsp3) is 0.0476. The zero-order valence-electron chi connectivity index (χ0n) is 14.8. The highest BCUT2D eigenvalue weighted by Gasteiger charge is 2.15. The average molecular weight is 411 g/mol. The van der Waals surface area contributed by atoms with Crippen LogP contribution >= 0.6 is 0 Å². The summed E-state index contributed by atoms with van der Waals surface area (Å²) >= 11 is 0. The van der Waals surface area contributed by atoms with Gasteiger partial charge in [-0.25, -0.2) is 4.21 Å². The molecule has 1 aromatic heterocycles. The lowest BCUT2D eigenvalue weighted by Gasteiger charge is -2.10. The van der Waals surface area contributed by atoms with Crippen LogP contribution in [0.3, 0.4) is 0 Å². The predicted molar refractivity (Wildman–Crippen MR) is 114 cm³/mol. The van der Waals surface area contributed by atoms with Gasteiger partial charge in [-0.05, 0) is 35.9 Å². The van der Waals surface area contributed by atoms with Gasteiger partial charge < -0.3 is 10.2 Å². The monoisotopic (exact) mass is 410 g/mol. The number of nitrogens with one attached hydrogen (secondary N) is 1. The number of rotatable bonds is 6. The maximum Gasteiger partial charge on any atom is 0.212 e. The number of hydrogen-bond donors (Lipinski definition) is 2. The number of fused-ring (bicyclic) bond motifs is 1. The molecule has 0 aliphatic rings. The van der Waals surface area contributed by atoms with E-state index in [2.05, 4.69) is 4.72 Å². The molecule has 4 aromatic rings. The smallest absolute Gasteiger partial charge is 0.212 e. The summed E-state index contributed by atoms with van der Waals surface area (Å²) in [4.78, 5) is 0.578. The molecule has 3 aromatic carbocycles. The minimum atomic E-state index is -1.62. The van der Waals surface area contributed by atoms with Crippen molar-refractivity contribution < 1.29 is 12.8 Å². The summed E-state index contributed by atoms with van der Waals surface area (Å²) in [5.41, 5.74) is 8.53. The van der Waals surface area contributed by atoms with Gasteiger partial charge in [0.2, 0.25) is 5.09 Å². The highest BCUT2D eigenvalue weighted by molar-refractivity contribution is 7.86. The predicted octanol–water partition coefficient (Wildman–Crippen LogP) is 4.46. The first kappa shape index (κ1) is 18.5. The maximum absolute atomic E-state index is 12.9. The van der Waals surface area contributed by atoms with Crippen molar-refractivity contribution >= 4 is 44.1 Å². The van der Waals surface area contributed by atoms with Crippen LogP contribution in [0.2, 0.25) is 0 Å². The van der Waals surface area contributed by atoms with Crippen molar-refractivity contribution in [3.8, 4) is 0 Å². The van der Waals surface area contributed by atoms with E-state index in [1.165, 1.54) is 0 Å². The Morgan fingerprint density at radius 3 is 2.50 bits per heavy atom. The minimum Gasteiger partial charge on any atom is -0.445 e. The molecule has 4 rings (SSSR count). The lowest BCUT2D eigenvalue weighted by Crippen LogP contribution is -2.08. The molecule has 7 heteroatoms. The van der Waals surface area contributed by atoms with E-state index in [4.69, 9.17) is 10.2 Å². The summed E-state index contributed by atoms with van der Waals surface area (Å²) in [6.07, 6.45) is 0. The molecule has 0 bridgehead atoms. The van der Waals surface area contributed by atoms with Crippen LogP contribution in [0.5, 0.6) is 0 Å². The van der Waals surface area contributed by atoms with Crippen molar-refractivity contribution in [2.45, 2.75) is 15.7 Å². The van der Waals surface area contributed by atoms with E-state index < -0.39 is 21.8 Å². The topological polar surface area (TPSA) is 85.3 Å². The number of hydrogen-bond acceptors (Lipinski definition) is 4. The first-order valence-electron chi connectivity index (χ1n) is 8.59. The average Bonchev–Trinajstić information content (AvgIpc) is 3.13. The van der Waals surface area contributed by atoms with E-state index >= 15 is 0 Å². The Morgan fingerprint density at radius 2 is 1.68 bits per heavy atom. The summed E-state index contributed by atoms with van der Waals surface area (Å²) in [6.45, 7) is 0. The van der Waals surface area contributed by atoms with E-state index in [0.29, 0.717) is 32.7 Å². The number of nitrogen functional groups attached to an aromatic ring is 1. The third-order valence-electron chi connectivity index (χ3n) is 4.17. The molecule has 2 atom stereocenters. The summed E-state index contributed by atoms with van der Waals surface area (Å²) in [5.74, 6) is 0.320. The van der Waals surface area contributed by atoms with Crippen molar-refractivity contribution in [3.05, 3.63) is 84.4 Å². The fourth-order valence-electron chi connectivity index (χ4n) is 2.86. The van der Waals surface area contributed by atoms with Gasteiger partial charge in [0.1, 0.15) is 5.58 Å². The first-order valence-corrected chi connectivity index (χ1v) is 11.1. The van der Waals surface area contributed by atoms with Gasteiger partial charge in [0, 0.05) is 17.1 Å². The molecule has 2 unspecified atom stereocenters. The highest BCUT2D eigenvalue weighted by Crippen LogP contribution is 2.26. The quantitative estimate of drug-likeness (QED) is 0.460. The van der Waals surface area contributed by atoms with Crippen molar-refractivity contribution in [3.63, 3.8) is 0 Å². The van der Waals surface area contributed by atoms with E-state index in [1.807, 2.05) is 42.5 Å². The van der Waals surface area contributed by atoms with Crippen LogP contribution in [-0.2, 0) is 27.5 Å². The molecular formula is C21H18N2O3S2. The largest absolute Gasteiger partial charge is 0.445 e. The molecule has 0 radical (unpaired) electrons. The molecule has 0 aliphatic carbocycles. The molecule has 3 N–H and O–H groups in total. The summed E-state index contributed by atoms with van der Waals surface area (Å²) < 4.78 is 34.3. The highest BCUT2D eigenvalue weighted by atomic mass is 32.2. The van der Waals surface area contributed by atoms with Gasteiger partial charge in [-0.3, -0.25) is 8.93 Å². The summed E-state index contributed by atoms with van der Waals surface area (Å²) in [7, 11) is -2.94. The number of furan rings is 1. The zero-order chi connectivity index (χ0) is 19.5. The molecule has 5 nitrogen and oxygen atoms in total. The van der Waals surface area contributed by atoms with Crippen LogP contribution in [0, 0.1) is 0 Å². The third kappa shape index (κ3) is 4.00. The lowest BCUT2D eigenvalue weighted by atomic mass is 10.2. The van der Waals surface area contributed by atoms with Gasteiger partial charge in [-0.2, -0.15) is 0 Å². The Morgan fingerprint density at radius 1 is 0.893 bits per heavy atom. The lowest BCUT2D eigenvalue weighted by molar-refractivity contribution is 0.504. The molecule has 0 spiro atoms. The Hall–Kier alpha value is -2.90. The Kier molecular flexibility index (Phi) is 5.27. The van der Waals surface area contributed by atoms with Crippen LogP contribution in [0.25, 0.3) is 11.0 Å². The van der Waals surface area contributed by atoms with Gasteiger partial charge in [0.25, 0.3) is 0 Å². The molecule has 0 fully saturated rings. The van der Waals surface area contributed by atoms with Crippen molar-refractivity contribution in [2.75, 3.05) is 10.5 Å². The second kappa shape index (κ2) is 8.00. The van der Waals surface area contributed by atoms with Crippen molar-refractivity contribution in [1.29, 1.82) is 0 Å². The molecule has 0 saturated heterocycles. The van der Waals surface area contributed by atoms with Crippen LogP contribution in [-0.4, -0.2) is 8.42 Å². The van der Waals surface area contributed by atoms with Crippen LogP contribution < -0.4 is 10.5 Å². The van der Waals surface area contributed by atoms with Gasteiger partial charge in [-0.15, -0.1) is 0 Å². The molecule has 0 saturated carbocycles. The standard InChI is InChI=1S/C21H18N2O3S2/c22-17-8-5-6-15(12-17)14-27(24)20-11-4-2-9-18(20)23-28(25)21-13-16-7-1-3-10-19(16)26-21/h1-13,23H,14,22H2. The zero-order valence-corrected chi connectivity index (χ0v) is 16.5. The number of benzene rings is 3. The molecule has 28 heavy (non-hydrogen) atoms. The minimum absolute atomic E-state index is 0.317. The molecule has 0 aliphatic heterocycles. The Bertz CT molecular complexity index is 1150. The SMILES string of the molecule is Nc1cccc(CS(=O)c2ccccc2NS(=O)c2cc3ccccc3o2)c1. The molecule has 142 valence electrons. The normalized spacial score (nSPS) is 13.3. The van der Waals surface area contributed by atoms with E-state index in [9.17, 15) is 8.42 Å². The van der Waals surface area contributed by atoms with Crippen LogP contribution in [0.15, 0.2) is 93.3 Å². The fourth-order valence-corrected chi connectivity index (χ4v) is 5.04. The Labute approximate surface area is 167 Å². The van der Waals surface area contributed by atoms with E-state index in [-0.39, 0.29) is 0 Å². The maximum atomic E-state index is 12.9. The van der Waals surface area contributed by atoms with E-state index in [1.54, 1.807) is 36.4 Å². The first-order chi connectivity index (χ1) is 13.6. The molecule has 0 amide bonds. The van der Waals surface area contributed by atoms with Gasteiger partial charge in [0.15, 0.2) is 11.0 Å². The summed E-state index contributed by atoms with van der Waals surface area (Å²) in [5, 5.41) is 1.20. The second-order valence-electron chi connectivity index (χ2n) is 6.21. The number of para-hydroxylation sites is 2. The number of anilines is 2. The molecular weight excluding hydrogens is 392 g/mol.